The van der Waals surface area contributed by atoms with Crippen molar-refractivity contribution in [3.63, 3.8) is 0 Å². The molecule has 4 rings (SSSR count). The van der Waals surface area contributed by atoms with Crippen molar-refractivity contribution in [2.75, 3.05) is 0 Å². The van der Waals surface area contributed by atoms with E-state index in [2.05, 4.69) is 30.5 Å². The molecule has 0 saturated heterocycles. The zero-order chi connectivity index (χ0) is 17.9. The molecule has 0 bridgehead atoms. The maximum absolute atomic E-state index is 12.6. The maximum atomic E-state index is 12.6. The highest BCUT2D eigenvalue weighted by molar-refractivity contribution is 7.17. The standard InChI is InChI=1S/C18H14N6OS/c1-11-16(26-18(21-11)13-7-3-5-9-20-13)17(25)22-15-10-14(23-24-15)12-6-2-4-8-19-12/h2-9H,10H2,1H3,(H,22,24,25). The Labute approximate surface area is 153 Å². The van der Waals surface area contributed by atoms with Gasteiger partial charge in [0.2, 0.25) is 0 Å². The number of amides is 1. The summed E-state index contributed by atoms with van der Waals surface area (Å²) in [7, 11) is 0. The summed E-state index contributed by atoms with van der Waals surface area (Å²) in [6.45, 7) is 1.81. The van der Waals surface area contributed by atoms with E-state index < -0.39 is 0 Å². The molecule has 1 aliphatic rings. The minimum Gasteiger partial charge on any atom is -0.307 e. The zero-order valence-corrected chi connectivity index (χ0v) is 14.7. The van der Waals surface area contributed by atoms with Gasteiger partial charge in [-0.05, 0) is 31.2 Å². The van der Waals surface area contributed by atoms with E-state index in [1.54, 1.807) is 12.4 Å². The predicted molar refractivity (Wildman–Crippen MR) is 100 cm³/mol. The molecule has 26 heavy (non-hydrogen) atoms. The Bertz CT molecular complexity index is 1010. The van der Waals surface area contributed by atoms with Crippen LogP contribution >= 0.6 is 11.3 Å². The highest BCUT2D eigenvalue weighted by Crippen LogP contribution is 2.26. The molecule has 0 aromatic carbocycles. The number of rotatable bonds is 3. The Kier molecular flexibility index (Phi) is 4.32. The van der Waals surface area contributed by atoms with Crippen LogP contribution in [0.1, 0.15) is 27.5 Å². The summed E-state index contributed by atoms with van der Waals surface area (Å²) >= 11 is 1.31. The maximum Gasteiger partial charge on any atom is 0.268 e. The van der Waals surface area contributed by atoms with Crippen molar-refractivity contribution in [3.05, 3.63) is 65.1 Å². The largest absolute Gasteiger partial charge is 0.307 e. The van der Waals surface area contributed by atoms with Crippen LogP contribution in [-0.2, 0) is 0 Å². The van der Waals surface area contributed by atoms with Crippen molar-refractivity contribution in [2.24, 2.45) is 10.2 Å². The van der Waals surface area contributed by atoms with E-state index in [1.165, 1.54) is 11.3 Å². The summed E-state index contributed by atoms with van der Waals surface area (Å²) < 4.78 is 0. The molecule has 8 heteroatoms. The molecule has 7 nitrogen and oxygen atoms in total. The number of amidine groups is 1. The summed E-state index contributed by atoms with van der Waals surface area (Å²) in [5.41, 5.74) is 2.90. The number of aromatic nitrogens is 3. The molecule has 128 valence electrons. The third kappa shape index (κ3) is 3.27. The average Bonchev–Trinajstić information content (AvgIpc) is 3.30. The predicted octanol–water partition coefficient (Wildman–Crippen LogP) is 2.84. The van der Waals surface area contributed by atoms with Gasteiger partial charge in [0.05, 0.1) is 29.2 Å². The van der Waals surface area contributed by atoms with Crippen LogP contribution in [-0.4, -0.2) is 32.4 Å². The number of pyridine rings is 2. The van der Waals surface area contributed by atoms with E-state index in [-0.39, 0.29) is 5.91 Å². The molecule has 0 fully saturated rings. The van der Waals surface area contributed by atoms with E-state index >= 15 is 0 Å². The number of nitrogens with one attached hydrogen (secondary N) is 1. The van der Waals surface area contributed by atoms with Gasteiger partial charge in [-0.1, -0.05) is 12.1 Å². The first kappa shape index (κ1) is 16.2. The number of carbonyl (C=O) groups is 1. The molecule has 0 atom stereocenters. The van der Waals surface area contributed by atoms with E-state index in [0.29, 0.717) is 27.8 Å². The Morgan fingerprint density at radius 2 is 1.77 bits per heavy atom. The Hall–Kier alpha value is -3.26. The van der Waals surface area contributed by atoms with Gasteiger partial charge in [0.25, 0.3) is 5.91 Å². The van der Waals surface area contributed by atoms with Gasteiger partial charge in [0.1, 0.15) is 15.7 Å². The summed E-state index contributed by atoms with van der Waals surface area (Å²) in [5, 5.41) is 11.7. The fraction of sp³-hybridized carbons (Fsp3) is 0.111. The van der Waals surface area contributed by atoms with Gasteiger partial charge in [-0.15, -0.1) is 16.4 Å². The van der Waals surface area contributed by atoms with Crippen molar-refractivity contribution < 1.29 is 4.79 Å². The van der Waals surface area contributed by atoms with Gasteiger partial charge >= 0.3 is 0 Å². The summed E-state index contributed by atoms with van der Waals surface area (Å²) in [6, 6.07) is 11.2. The number of thiazole rings is 1. The van der Waals surface area contributed by atoms with Crippen LogP contribution in [0.5, 0.6) is 0 Å². The lowest BCUT2D eigenvalue weighted by atomic mass is 10.2. The van der Waals surface area contributed by atoms with Crippen molar-refractivity contribution in [3.8, 4) is 10.7 Å². The normalized spacial score (nSPS) is 13.3. The molecule has 1 N–H and O–H groups in total. The monoisotopic (exact) mass is 362 g/mol. The van der Waals surface area contributed by atoms with E-state index in [4.69, 9.17) is 0 Å². The highest BCUT2D eigenvalue weighted by atomic mass is 32.1. The first-order chi connectivity index (χ1) is 12.7. The van der Waals surface area contributed by atoms with Crippen molar-refractivity contribution in [2.45, 2.75) is 13.3 Å². The quantitative estimate of drug-likeness (QED) is 0.775. The third-order valence-electron chi connectivity index (χ3n) is 3.73. The van der Waals surface area contributed by atoms with E-state index in [9.17, 15) is 4.79 Å². The number of nitrogens with zero attached hydrogens (tertiary/aromatic N) is 5. The highest BCUT2D eigenvalue weighted by Gasteiger charge is 2.21. The van der Waals surface area contributed by atoms with Gasteiger partial charge in [-0.25, -0.2) is 4.98 Å². The van der Waals surface area contributed by atoms with Crippen LogP contribution in [0.4, 0.5) is 0 Å². The molecule has 0 unspecified atom stereocenters. The van der Waals surface area contributed by atoms with Crippen LogP contribution in [0.2, 0.25) is 0 Å². The molecule has 0 radical (unpaired) electrons. The van der Waals surface area contributed by atoms with Gasteiger partial charge in [0.15, 0.2) is 0 Å². The summed E-state index contributed by atoms with van der Waals surface area (Å²) in [5.74, 6) is 0.265. The summed E-state index contributed by atoms with van der Waals surface area (Å²) in [4.78, 5) is 26.1. The summed E-state index contributed by atoms with van der Waals surface area (Å²) in [6.07, 6.45) is 3.84. The Balaban J connectivity index is 1.46. The minimum absolute atomic E-state index is 0.238. The average molecular weight is 362 g/mol. The van der Waals surface area contributed by atoms with Crippen LogP contribution in [0.15, 0.2) is 59.0 Å². The van der Waals surface area contributed by atoms with Crippen LogP contribution in [0.25, 0.3) is 10.7 Å². The SMILES string of the molecule is Cc1nc(-c2ccccn2)sc1C(=O)NC1=NN=C(c2ccccn2)C1. The van der Waals surface area contributed by atoms with Crippen molar-refractivity contribution in [1.29, 1.82) is 0 Å². The van der Waals surface area contributed by atoms with Crippen LogP contribution in [0.3, 0.4) is 0 Å². The smallest absolute Gasteiger partial charge is 0.268 e. The van der Waals surface area contributed by atoms with Gasteiger partial charge in [-0.3, -0.25) is 14.8 Å². The zero-order valence-electron chi connectivity index (χ0n) is 13.9. The lowest BCUT2D eigenvalue weighted by molar-refractivity contribution is 0.0980. The fourth-order valence-electron chi connectivity index (χ4n) is 2.49. The van der Waals surface area contributed by atoms with Crippen molar-refractivity contribution in [1.82, 2.24) is 20.3 Å². The fourth-order valence-corrected chi connectivity index (χ4v) is 3.43. The molecule has 0 aliphatic carbocycles. The number of hydrogen-bond donors (Lipinski definition) is 1. The third-order valence-corrected chi connectivity index (χ3v) is 4.91. The van der Waals surface area contributed by atoms with Crippen LogP contribution in [0, 0.1) is 6.92 Å². The first-order valence-electron chi connectivity index (χ1n) is 7.95. The van der Waals surface area contributed by atoms with E-state index in [0.717, 1.165) is 17.1 Å². The van der Waals surface area contributed by atoms with Crippen LogP contribution < -0.4 is 5.32 Å². The lowest BCUT2D eigenvalue weighted by Gasteiger charge is -2.03. The van der Waals surface area contributed by atoms with Gasteiger partial charge in [-0.2, -0.15) is 5.10 Å². The molecular weight excluding hydrogens is 348 g/mol. The second-order valence-electron chi connectivity index (χ2n) is 5.59. The molecule has 1 aliphatic heterocycles. The molecule has 0 spiro atoms. The Morgan fingerprint density at radius 3 is 2.46 bits per heavy atom. The topological polar surface area (TPSA) is 92.5 Å². The second-order valence-corrected chi connectivity index (χ2v) is 6.59. The number of hydrogen-bond acceptors (Lipinski definition) is 7. The van der Waals surface area contributed by atoms with Gasteiger partial charge < -0.3 is 5.32 Å². The Morgan fingerprint density at radius 1 is 1.04 bits per heavy atom. The molecule has 4 heterocycles. The van der Waals surface area contributed by atoms with Crippen molar-refractivity contribution >= 4 is 28.8 Å². The molecule has 3 aromatic heterocycles. The minimum atomic E-state index is -0.238. The van der Waals surface area contributed by atoms with E-state index in [1.807, 2.05) is 43.3 Å². The lowest BCUT2D eigenvalue weighted by Crippen LogP contribution is -2.30. The second kappa shape index (κ2) is 6.93. The molecule has 0 saturated carbocycles. The molecule has 3 aromatic rings. The van der Waals surface area contributed by atoms with Gasteiger partial charge in [0, 0.05) is 12.4 Å². The number of aryl methyl sites for hydroxylation is 1. The first-order valence-corrected chi connectivity index (χ1v) is 8.77. The molecule has 1 amide bonds. The number of carbonyl (C=O) groups excluding carboxylic acids is 1. The molecular formula is C18H14N6OS.